The molecule has 0 aromatic heterocycles. The Morgan fingerprint density at radius 2 is 1.71 bits per heavy atom. The Morgan fingerprint density at radius 3 is 2.35 bits per heavy atom. The van der Waals surface area contributed by atoms with Crippen molar-refractivity contribution in [2.45, 2.75) is 50.3 Å². The van der Waals surface area contributed by atoms with Gasteiger partial charge >= 0.3 is 0 Å². The molecular formula is C15H21NO. The third-order valence-electron chi connectivity index (χ3n) is 4.34. The lowest BCUT2D eigenvalue weighted by Gasteiger charge is -2.46. The van der Waals surface area contributed by atoms with Crippen LogP contribution in [-0.2, 0) is 0 Å². The summed E-state index contributed by atoms with van der Waals surface area (Å²) in [6.07, 6.45) is 6.91. The van der Waals surface area contributed by atoms with Crippen LogP contribution in [0.25, 0.3) is 0 Å². The van der Waals surface area contributed by atoms with Crippen molar-refractivity contribution in [3.63, 3.8) is 0 Å². The molecule has 0 radical (unpaired) electrons. The van der Waals surface area contributed by atoms with Crippen LogP contribution < -0.4 is 4.74 Å². The lowest BCUT2D eigenvalue weighted by molar-refractivity contribution is 0.000142. The van der Waals surface area contributed by atoms with Gasteiger partial charge in [-0.05, 0) is 44.9 Å². The highest BCUT2D eigenvalue weighted by Gasteiger charge is 2.36. The molecule has 2 saturated heterocycles. The van der Waals surface area contributed by atoms with E-state index in [1.165, 1.54) is 32.1 Å². The lowest BCUT2D eigenvalue weighted by atomic mass is 9.83. The highest BCUT2D eigenvalue weighted by atomic mass is 16.5. The Bertz CT molecular complexity index is 350. The summed E-state index contributed by atoms with van der Waals surface area (Å²) in [4.78, 5) is 2.58. The summed E-state index contributed by atoms with van der Waals surface area (Å²) in [6.45, 7) is 0. The predicted molar refractivity (Wildman–Crippen MR) is 69.3 cm³/mol. The minimum atomic E-state index is 0.420. The Labute approximate surface area is 104 Å². The van der Waals surface area contributed by atoms with E-state index in [1.807, 2.05) is 18.2 Å². The third-order valence-corrected chi connectivity index (χ3v) is 4.34. The maximum absolute atomic E-state index is 6.11. The molecule has 0 spiro atoms. The number of hydrogen-bond acceptors (Lipinski definition) is 2. The van der Waals surface area contributed by atoms with Gasteiger partial charge in [0.1, 0.15) is 11.9 Å². The van der Waals surface area contributed by atoms with Crippen LogP contribution in [0.15, 0.2) is 30.3 Å². The second-order valence-electron chi connectivity index (χ2n) is 5.43. The summed E-state index contributed by atoms with van der Waals surface area (Å²) in [5.74, 6) is 1.03. The van der Waals surface area contributed by atoms with E-state index < -0.39 is 0 Å². The normalized spacial score (nSPS) is 33.4. The fourth-order valence-corrected chi connectivity index (χ4v) is 3.35. The highest BCUT2D eigenvalue weighted by molar-refractivity contribution is 5.21. The number of piperidine rings is 2. The van der Waals surface area contributed by atoms with E-state index in [9.17, 15) is 0 Å². The van der Waals surface area contributed by atoms with Crippen LogP contribution >= 0.6 is 0 Å². The first-order chi connectivity index (χ1) is 8.33. The molecule has 0 aliphatic carbocycles. The van der Waals surface area contributed by atoms with Gasteiger partial charge in [0.15, 0.2) is 0 Å². The minimum Gasteiger partial charge on any atom is -0.490 e. The molecule has 2 aliphatic heterocycles. The summed E-state index contributed by atoms with van der Waals surface area (Å²) < 4.78 is 6.11. The second kappa shape index (κ2) is 4.69. The number of hydrogen-bond donors (Lipinski definition) is 0. The van der Waals surface area contributed by atoms with E-state index >= 15 is 0 Å². The molecule has 3 rings (SSSR count). The number of para-hydroxylation sites is 1. The van der Waals surface area contributed by atoms with Gasteiger partial charge in [-0.25, -0.2) is 0 Å². The molecule has 2 heteroatoms. The van der Waals surface area contributed by atoms with Gasteiger partial charge in [0.2, 0.25) is 0 Å². The summed E-state index contributed by atoms with van der Waals surface area (Å²) in [5.41, 5.74) is 0. The third kappa shape index (κ3) is 2.32. The van der Waals surface area contributed by atoms with E-state index in [4.69, 9.17) is 4.74 Å². The fourth-order valence-electron chi connectivity index (χ4n) is 3.35. The van der Waals surface area contributed by atoms with Crippen molar-refractivity contribution in [2.75, 3.05) is 7.05 Å². The summed E-state index contributed by atoms with van der Waals surface area (Å²) in [6, 6.07) is 11.8. The zero-order valence-corrected chi connectivity index (χ0v) is 10.5. The zero-order chi connectivity index (χ0) is 11.7. The van der Waals surface area contributed by atoms with E-state index in [-0.39, 0.29) is 0 Å². The molecule has 2 bridgehead atoms. The number of benzene rings is 1. The maximum Gasteiger partial charge on any atom is 0.119 e. The first-order valence-electron chi connectivity index (χ1n) is 6.76. The number of ether oxygens (including phenoxy) is 1. The molecule has 0 saturated carbocycles. The average Bonchev–Trinajstić information content (AvgIpc) is 2.32. The minimum absolute atomic E-state index is 0.420. The highest BCUT2D eigenvalue weighted by Crippen LogP contribution is 2.34. The number of rotatable bonds is 2. The summed E-state index contributed by atoms with van der Waals surface area (Å²) in [7, 11) is 2.28. The zero-order valence-electron chi connectivity index (χ0n) is 10.5. The van der Waals surface area contributed by atoms with E-state index in [2.05, 4.69) is 24.1 Å². The van der Waals surface area contributed by atoms with Gasteiger partial charge in [-0.15, -0.1) is 0 Å². The lowest BCUT2D eigenvalue weighted by Crippen LogP contribution is -2.52. The molecule has 1 aromatic carbocycles. The Kier molecular flexibility index (Phi) is 3.06. The van der Waals surface area contributed by atoms with Crippen molar-refractivity contribution in [1.82, 2.24) is 4.90 Å². The van der Waals surface area contributed by atoms with Crippen LogP contribution in [0.5, 0.6) is 5.75 Å². The molecular weight excluding hydrogens is 210 g/mol. The Hall–Kier alpha value is -1.02. The molecule has 2 fully saturated rings. The van der Waals surface area contributed by atoms with Crippen molar-refractivity contribution >= 4 is 0 Å². The molecule has 1 aromatic rings. The van der Waals surface area contributed by atoms with Crippen LogP contribution in [0, 0.1) is 0 Å². The van der Waals surface area contributed by atoms with Gasteiger partial charge in [0.25, 0.3) is 0 Å². The quantitative estimate of drug-likeness (QED) is 0.775. The molecule has 2 heterocycles. The van der Waals surface area contributed by atoms with Crippen molar-refractivity contribution < 1.29 is 4.74 Å². The molecule has 0 amide bonds. The molecule has 92 valence electrons. The Balaban J connectivity index is 1.66. The number of nitrogens with zero attached hydrogens (tertiary/aromatic N) is 1. The fraction of sp³-hybridized carbons (Fsp3) is 0.600. The first kappa shape index (κ1) is 11.1. The van der Waals surface area contributed by atoms with Gasteiger partial charge in [0, 0.05) is 12.1 Å². The van der Waals surface area contributed by atoms with Crippen molar-refractivity contribution in [3.05, 3.63) is 30.3 Å². The van der Waals surface area contributed by atoms with Crippen LogP contribution in [0.4, 0.5) is 0 Å². The molecule has 3 atom stereocenters. The summed E-state index contributed by atoms with van der Waals surface area (Å²) in [5, 5.41) is 0. The predicted octanol–water partition coefficient (Wildman–Crippen LogP) is 3.08. The van der Waals surface area contributed by atoms with E-state index in [0.717, 1.165) is 17.8 Å². The van der Waals surface area contributed by atoms with Gasteiger partial charge in [-0.1, -0.05) is 24.6 Å². The second-order valence-corrected chi connectivity index (χ2v) is 5.43. The largest absolute Gasteiger partial charge is 0.490 e. The van der Waals surface area contributed by atoms with Crippen LogP contribution in [-0.4, -0.2) is 30.1 Å². The van der Waals surface area contributed by atoms with Crippen molar-refractivity contribution in [3.8, 4) is 5.75 Å². The standard InChI is InChI=1S/C15H21NO/c1-16-12-6-5-7-13(16)11-15(10-12)17-14-8-3-2-4-9-14/h2-4,8-9,12-13,15H,5-7,10-11H2,1H3/t12-,13+,15?. The first-order valence-corrected chi connectivity index (χ1v) is 6.76. The Morgan fingerprint density at radius 1 is 1.06 bits per heavy atom. The van der Waals surface area contributed by atoms with Crippen LogP contribution in [0.2, 0.25) is 0 Å². The molecule has 2 nitrogen and oxygen atoms in total. The monoisotopic (exact) mass is 231 g/mol. The molecule has 0 N–H and O–H groups in total. The van der Waals surface area contributed by atoms with Gasteiger partial charge in [0.05, 0.1) is 0 Å². The van der Waals surface area contributed by atoms with Gasteiger partial charge in [-0.3, -0.25) is 0 Å². The SMILES string of the molecule is CN1[C@@H]2CCC[C@H]1CC(Oc1ccccc1)C2. The average molecular weight is 231 g/mol. The van der Waals surface area contributed by atoms with Crippen LogP contribution in [0.3, 0.4) is 0 Å². The number of fused-ring (bicyclic) bond motifs is 2. The van der Waals surface area contributed by atoms with Crippen molar-refractivity contribution in [2.24, 2.45) is 0 Å². The van der Waals surface area contributed by atoms with Crippen molar-refractivity contribution in [1.29, 1.82) is 0 Å². The topological polar surface area (TPSA) is 12.5 Å². The molecule has 2 aliphatic rings. The maximum atomic E-state index is 6.11. The molecule has 1 unspecified atom stereocenters. The van der Waals surface area contributed by atoms with Gasteiger partial charge < -0.3 is 9.64 Å². The van der Waals surface area contributed by atoms with E-state index in [1.54, 1.807) is 0 Å². The summed E-state index contributed by atoms with van der Waals surface area (Å²) >= 11 is 0. The smallest absolute Gasteiger partial charge is 0.119 e. The van der Waals surface area contributed by atoms with Crippen LogP contribution in [0.1, 0.15) is 32.1 Å². The molecule has 17 heavy (non-hydrogen) atoms. The van der Waals surface area contributed by atoms with Gasteiger partial charge in [-0.2, -0.15) is 0 Å². The van der Waals surface area contributed by atoms with E-state index in [0.29, 0.717) is 6.10 Å².